The molecule has 7 nitrogen and oxygen atoms in total. The first-order valence-corrected chi connectivity index (χ1v) is 12.1. The van der Waals surface area contributed by atoms with Crippen molar-refractivity contribution in [3.63, 3.8) is 0 Å². The molecule has 1 aromatic heterocycles. The largest absolute Gasteiger partial charge is 0.462 e. The molecule has 1 aliphatic carbocycles. The van der Waals surface area contributed by atoms with Crippen molar-refractivity contribution in [2.75, 3.05) is 25.0 Å². The average Bonchev–Trinajstić information content (AvgIpc) is 3.35. The van der Waals surface area contributed by atoms with Crippen LogP contribution in [0.2, 0.25) is 4.34 Å². The Morgan fingerprint density at radius 1 is 1.19 bits per heavy atom. The Bertz CT molecular complexity index is 1010. The summed E-state index contributed by atoms with van der Waals surface area (Å²) < 4.78 is 5.65. The molecular weight excluding hydrogens is 450 g/mol. The van der Waals surface area contributed by atoms with E-state index in [1.54, 1.807) is 6.92 Å². The fraction of sp³-hybridized carbons (Fsp3) is 0.435. The number of anilines is 1. The van der Waals surface area contributed by atoms with E-state index in [2.05, 4.69) is 10.6 Å². The minimum Gasteiger partial charge on any atom is -0.462 e. The van der Waals surface area contributed by atoms with E-state index >= 15 is 0 Å². The number of benzene rings is 1. The lowest BCUT2D eigenvalue weighted by Crippen LogP contribution is -2.46. The Hall–Kier alpha value is -2.42. The van der Waals surface area contributed by atoms with E-state index in [0.29, 0.717) is 21.4 Å². The van der Waals surface area contributed by atoms with Crippen molar-refractivity contribution in [3.05, 3.63) is 40.2 Å². The maximum atomic E-state index is 12.9. The number of nitrogens with zero attached hydrogens (tertiary/aromatic N) is 1. The number of thiophene rings is 1. The molecule has 2 aromatic rings. The Balaban J connectivity index is 1.52. The second-order valence-electron chi connectivity index (χ2n) is 8.00. The van der Waals surface area contributed by atoms with Gasteiger partial charge in [0, 0.05) is 11.6 Å². The fourth-order valence-corrected chi connectivity index (χ4v) is 5.33. The quantitative estimate of drug-likeness (QED) is 0.565. The second kappa shape index (κ2) is 10.0. The van der Waals surface area contributed by atoms with Crippen LogP contribution in [0.1, 0.15) is 43.0 Å². The van der Waals surface area contributed by atoms with Crippen LogP contribution in [0.5, 0.6) is 0 Å². The number of likely N-dealkylation sites (tertiary alicyclic amines) is 1. The summed E-state index contributed by atoms with van der Waals surface area (Å²) in [6, 6.07) is 9.30. The second-order valence-corrected chi connectivity index (χ2v) is 9.62. The van der Waals surface area contributed by atoms with Gasteiger partial charge in [-0.05, 0) is 44.7 Å². The highest BCUT2D eigenvalue weighted by Gasteiger charge is 2.35. The van der Waals surface area contributed by atoms with Crippen molar-refractivity contribution in [3.8, 4) is 11.1 Å². The van der Waals surface area contributed by atoms with E-state index in [-0.39, 0.29) is 42.6 Å². The predicted molar refractivity (Wildman–Crippen MR) is 125 cm³/mol. The molecule has 32 heavy (non-hydrogen) atoms. The van der Waals surface area contributed by atoms with Crippen LogP contribution in [-0.4, -0.2) is 54.5 Å². The molecule has 170 valence electrons. The Morgan fingerprint density at radius 2 is 1.94 bits per heavy atom. The minimum absolute atomic E-state index is 0.00413. The Labute approximate surface area is 196 Å². The lowest BCUT2D eigenvalue weighted by atomic mass is 10.0. The summed E-state index contributed by atoms with van der Waals surface area (Å²) in [5, 5.41) is 6.23. The fourth-order valence-electron chi connectivity index (χ4n) is 3.94. The number of rotatable bonds is 8. The monoisotopic (exact) mass is 475 g/mol. The molecule has 2 heterocycles. The van der Waals surface area contributed by atoms with Crippen molar-refractivity contribution in [1.29, 1.82) is 0 Å². The molecule has 2 fully saturated rings. The molecule has 2 amide bonds. The number of nitrogens with one attached hydrogen (secondary N) is 2. The SMILES string of the molecule is CCOC(=O)c1c(NC(=O)CN2CCC[C@H]2C(=O)NC2CC2)sc(Cl)c1-c1ccccc1. The molecule has 0 bridgehead atoms. The van der Waals surface area contributed by atoms with Crippen LogP contribution in [0, 0.1) is 0 Å². The maximum absolute atomic E-state index is 12.9. The van der Waals surface area contributed by atoms with Gasteiger partial charge in [0.25, 0.3) is 0 Å². The van der Waals surface area contributed by atoms with Gasteiger partial charge in [-0.2, -0.15) is 0 Å². The smallest absolute Gasteiger partial charge is 0.341 e. The average molecular weight is 476 g/mol. The molecule has 0 spiro atoms. The van der Waals surface area contributed by atoms with Crippen LogP contribution in [-0.2, 0) is 14.3 Å². The topological polar surface area (TPSA) is 87.7 Å². The molecule has 1 saturated heterocycles. The van der Waals surface area contributed by atoms with Crippen LogP contribution in [0.3, 0.4) is 0 Å². The number of esters is 1. The third-order valence-electron chi connectivity index (χ3n) is 5.60. The first-order valence-electron chi connectivity index (χ1n) is 10.9. The zero-order valence-corrected chi connectivity index (χ0v) is 19.4. The summed E-state index contributed by atoms with van der Waals surface area (Å²) in [5.41, 5.74) is 1.58. The zero-order valence-electron chi connectivity index (χ0n) is 17.9. The van der Waals surface area contributed by atoms with Gasteiger partial charge in [0.2, 0.25) is 11.8 Å². The van der Waals surface area contributed by atoms with Crippen molar-refractivity contribution in [2.24, 2.45) is 0 Å². The minimum atomic E-state index is -0.535. The standard InChI is InChI=1S/C23H26ClN3O4S/c1-2-31-23(30)19-18(14-7-4-3-5-8-14)20(24)32-22(19)26-17(28)13-27-12-6-9-16(27)21(29)25-15-10-11-15/h3-5,7-8,15-16H,2,6,9-13H2,1H3,(H,25,29)(H,26,28)/t16-/m0/s1. The lowest BCUT2D eigenvalue weighted by molar-refractivity contribution is -0.126. The van der Waals surface area contributed by atoms with Gasteiger partial charge in [0.05, 0.1) is 19.2 Å². The van der Waals surface area contributed by atoms with Gasteiger partial charge in [0.15, 0.2) is 0 Å². The first-order chi connectivity index (χ1) is 15.5. The van der Waals surface area contributed by atoms with Crippen LogP contribution < -0.4 is 10.6 Å². The van der Waals surface area contributed by atoms with Crippen molar-refractivity contribution >= 4 is 45.7 Å². The molecule has 9 heteroatoms. The lowest BCUT2D eigenvalue weighted by Gasteiger charge is -2.23. The third-order valence-corrected chi connectivity index (χ3v) is 6.91. The number of hydrogen-bond donors (Lipinski definition) is 2. The Morgan fingerprint density at radius 3 is 2.62 bits per heavy atom. The predicted octanol–water partition coefficient (Wildman–Crippen LogP) is 3.93. The number of hydrogen-bond acceptors (Lipinski definition) is 6. The van der Waals surface area contributed by atoms with Gasteiger partial charge in [-0.25, -0.2) is 4.79 Å². The molecular formula is C23H26ClN3O4S. The number of halogens is 1. The molecule has 1 atom stereocenters. The molecule has 2 aliphatic rings. The van der Waals surface area contributed by atoms with Gasteiger partial charge >= 0.3 is 5.97 Å². The summed E-state index contributed by atoms with van der Waals surface area (Å²) >= 11 is 7.63. The van der Waals surface area contributed by atoms with Gasteiger partial charge < -0.3 is 15.4 Å². The molecule has 0 unspecified atom stereocenters. The number of carbonyl (C=O) groups excluding carboxylic acids is 3. The van der Waals surface area contributed by atoms with Gasteiger partial charge in [0.1, 0.15) is 14.9 Å². The normalized spacial score (nSPS) is 18.4. The molecule has 2 N–H and O–H groups in total. The molecule has 1 saturated carbocycles. The maximum Gasteiger partial charge on any atom is 0.341 e. The molecule has 1 aliphatic heterocycles. The Kier molecular flexibility index (Phi) is 7.13. The number of ether oxygens (including phenoxy) is 1. The summed E-state index contributed by atoms with van der Waals surface area (Å²) in [6.07, 6.45) is 3.66. The van der Waals surface area contributed by atoms with Crippen LogP contribution in [0.15, 0.2) is 30.3 Å². The molecule has 4 rings (SSSR count). The summed E-state index contributed by atoms with van der Waals surface area (Å²) in [5.74, 6) is -0.831. The van der Waals surface area contributed by atoms with E-state index in [4.69, 9.17) is 16.3 Å². The van der Waals surface area contributed by atoms with Crippen LogP contribution in [0.4, 0.5) is 5.00 Å². The van der Waals surface area contributed by atoms with E-state index in [1.807, 2.05) is 35.2 Å². The van der Waals surface area contributed by atoms with Crippen molar-refractivity contribution < 1.29 is 19.1 Å². The number of amides is 2. The van der Waals surface area contributed by atoms with E-state index < -0.39 is 5.97 Å². The molecule has 0 radical (unpaired) electrons. The third kappa shape index (κ3) is 5.14. The van der Waals surface area contributed by atoms with Crippen molar-refractivity contribution in [2.45, 2.75) is 44.7 Å². The van der Waals surface area contributed by atoms with Crippen LogP contribution in [0.25, 0.3) is 11.1 Å². The highest BCUT2D eigenvalue weighted by Crippen LogP contribution is 2.44. The highest BCUT2D eigenvalue weighted by atomic mass is 35.5. The molecule has 1 aromatic carbocycles. The summed E-state index contributed by atoms with van der Waals surface area (Å²) in [4.78, 5) is 40.0. The van der Waals surface area contributed by atoms with E-state index in [1.165, 1.54) is 0 Å². The van der Waals surface area contributed by atoms with Gasteiger partial charge in [-0.3, -0.25) is 14.5 Å². The summed E-state index contributed by atoms with van der Waals surface area (Å²) in [7, 11) is 0. The van der Waals surface area contributed by atoms with Crippen molar-refractivity contribution in [1.82, 2.24) is 10.2 Å². The zero-order chi connectivity index (χ0) is 22.7. The first kappa shape index (κ1) is 22.8. The van der Waals surface area contributed by atoms with E-state index in [0.717, 1.165) is 42.6 Å². The highest BCUT2D eigenvalue weighted by molar-refractivity contribution is 7.21. The van der Waals surface area contributed by atoms with Gasteiger partial charge in [-0.1, -0.05) is 41.9 Å². The van der Waals surface area contributed by atoms with Crippen LogP contribution >= 0.6 is 22.9 Å². The van der Waals surface area contributed by atoms with E-state index in [9.17, 15) is 14.4 Å². The summed E-state index contributed by atoms with van der Waals surface area (Å²) in [6.45, 7) is 2.69. The number of carbonyl (C=O) groups is 3. The van der Waals surface area contributed by atoms with Gasteiger partial charge in [-0.15, -0.1) is 11.3 Å².